The molecule has 2 aromatic carbocycles. The molecule has 8 heteroatoms. The molecule has 2 heterocycles. The fourth-order valence-corrected chi connectivity index (χ4v) is 3.82. The van der Waals surface area contributed by atoms with Gasteiger partial charge in [0.15, 0.2) is 0 Å². The fourth-order valence-electron chi connectivity index (χ4n) is 3.82. The standard InChI is InChI=1S/C24H27N5O3/c1-17-22(16-25-26-23(30)18-13-20(31-2)15-21(14-18)32-3)24(28-11-7-8-12-28)29(27-17)19-9-5-4-6-10-19/h4-6,9-10,13-16H,7-8,11-12H2,1-3H3,(H,26,30)/b25-16+. The van der Waals surface area contributed by atoms with Gasteiger partial charge in [0.2, 0.25) is 0 Å². The zero-order valence-corrected chi connectivity index (χ0v) is 18.5. The molecule has 0 bridgehead atoms. The van der Waals surface area contributed by atoms with Gasteiger partial charge in [-0.1, -0.05) is 18.2 Å². The van der Waals surface area contributed by atoms with Gasteiger partial charge >= 0.3 is 0 Å². The molecule has 1 aromatic heterocycles. The largest absolute Gasteiger partial charge is 0.497 e. The Morgan fingerprint density at radius 3 is 2.34 bits per heavy atom. The highest BCUT2D eigenvalue weighted by molar-refractivity contribution is 5.96. The molecule has 3 aromatic rings. The van der Waals surface area contributed by atoms with Crippen molar-refractivity contribution in [3.63, 3.8) is 0 Å². The van der Waals surface area contributed by atoms with E-state index in [4.69, 9.17) is 14.6 Å². The molecule has 1 fully saturated rings. The van der Waals surface area contributed by atoms with Crippen LogP contribution in [0.2, 0.25) is 0 Å². The zero-order valence-electron chi connectivity index (χ0n) is 18.5. The highest BCUT2D eigenvalue weighted by atomic mass is 16.5. The van der Waals surface area contributed by atoms with Crippen LogP contribution in [-0.4, -0.2) is 49.2 Å². The van der Waals surface area contributed by atoms with Crippen molar-refractivity contribution in [2.45, 2.75) is 19.8 Å². The number of hydrogen-bond donors (Lipinski definition) is 1. The lowest BCUT2D eigenvalue weighted by atomic mass is 10.2. The van der Waals surface area contributed by atoms with E-state index in [1.54, 1.807) is 38.6 Å². The first-order valence-corrected chi connectivity index (χ1v) is 10.6. The molecule has 8 nitrogen and oxygen atoms in total. The van der Waals surface area contributed by atoms with Crippen molar-refractivity contribution in [3.05, 3.63) is 65.4 Å². The number of carbonyl (C=O) groups is 1. The molecule has 1 N–H and O–H groups in total. The Hall–Kier alpha value is -3.81. The van der Waals surface area contributed by atoms with E-state index in [1.807, 2.05) is 41.9 Å². The Kier molecular flexibility index (Phi) is 6.39. The summed E-state index contributed by atoms with van der Waals surface area (Å²) in [6.07, 6.45) is 3.96. The molecule has 0 radical (unpaired) electrons. The van der Waals surface area contributed by atoms with Crippen LogP contribution in [0.4, 0.5) is 5.82 Å². The third-order valence-corrected chi connectivity index (χ3v) is 5.46. The number of anilines is 1. The van der Waals surface area contributed by atoms with Crippen molar-refractivity contribution in [1.82, 2.24) is 15.2 Å². The Bertz CT molecular complexity index is 1100. The van der Waals surface area contributed by atoms with Crippen molar-refractivity contribution in [2.24, 2.45) is 5.10 Å². The van der Waals surface area contributed by atoms with Crippen LogP contribution in [0.15, 0.2) is 53.6 Å². The first kappa shape index (κ1) is 21.4. The number of benzene rings is 2. The molecule has 0 saturated carbocycles. The molecule has 1 aliphatic heterocycles. The summed E-state index contributed by atoms with van der Waals surface area (Å²) in [7, 11) is 3.09. The van der Waals surface area contributed by atoms with Crippen LogP contribution in [0.25, 0.3) is 5.69 Å². The highest BCUT2D eigenvalue weighted by Crippen LogP contribution is 2.29. The van der Waals surface area contributed by atoms with Crippen LogP contribution in [0, 0.1) is 6.92 Å². The van der Waals surface area contributed by atoms with Gasteiger partial charge < -0.3 is 14.4 Å². The zero-order chi connectivity index (χ0) is 22.5. The van der Waals surface area contributed by atoms with Crippen LogP contribution < -0.4 is 19.8 Å². The lowest BCUT2D eigenvalue weighted by Crippen LogP contribution is -2.23. The molecule has 1 aliphatic rings. The Morgan fingerprint density at radius 2 is 1.72 bits per heavy atom. The highest BCUT2D eigenvalue weighted by Gasteiger charge is 2.23. The van der Waals surface area contributed by atoms with E-state index in [2.05, 4.69) is 15.4 Å². The molecule has 1 saturated heterocycles. The number of amides is 1. The first-order valence-electron chi connectivity index (χ1n) is 10.6. The van der Waals surface area contributed by atoms with Crippen molar-refractivity contribution in [2.75, 3.05) is 32.2 Å². The summed E-state index contributed by atoms with van der Waals surface area (Å²) in [5.74, 6) is 1.71. The van der Waals surface area contributed by atoms with Crippen LogP contribution in [-0.2, 0) is 0 Å². The van der Waals surface area contributed by atoms with Crippen LogP contribution in [0.1, 0.15) is 34.5 Å². The maximum absolute atomic E-state index is 12.7. The third-order valence-electron chi connectivity index (χ3n) is 5.46. The number of carbonyl (C=O) groups excluding carboxylic acids is 1. The molecule has 1 amide bonds. The summed E-state index contributed by atoms with van der Waals surface area (Å²) in [6.45, 7) is 3.89. The summed E-state index contributed by atoms with van der Waals surface area (Å²) in [4.78, 5) is 15.0. The molecular formula is C24H27N5O3. The Morgan fingerprint density at radius 1 is 1.06 bits per heavy atom. The topological polar surface area (TPSA) is 81.0 Å². The van der Waals surface area contributed by atoms with E-state index in [1.165, 1.54) is 0 Å². The lowest BCUT2D eigenvalue weighted by Gasteiger charge is -2.20. The van der Waals surface area contributed by atoms with Gasteiger partial charge in [-0.3, -0.25) is 4.79 Å². The fraction of sp³-hybridized carbons (Fsp3) is 0.292. The minimum atomic E-state index is -0.353. The van der Waals surface area contributed by atoms with Gasteiger partial charge in [-0.15, -0.1) is 0 Å². The lowest BCUT2D eigenvalue weighted by molar-refractivity contribution is 0.0954. The number of ether oxygens (including phenoxy) is 2. The van der Waals surface area contributed by atoms with E-state index in [-0.39, 0.29) is 5.91 Å². The van der Waals surface area contributed by atoms with Gasteiger partial charge in [-0.25, -0.2) is 10.1 Å². The van der Waals surface area contributed by atoms with Gasteiger partial charge in [0.05, 0.1) is 37.4 Å². The molecule has 0 spiro atoms. The number of aryl methyl sites for hydroxylation is 1. The number of nitrogens with zero attached hydrogens (tertiary/aromatic N) is 4. The first-order chi connectivity index (χ1) is 15.6. The van der Waals surface area contributed by atoms with Gasteiger partial charge in [-0.05, 0) is 44.0 Å². The monoisotopic (exact) mass is 433 g/mol. The number of hydrogen-bond acceptors (Lipinski definition) is 6. The number of aromatic nitrogens is 2. The van der Waals surface area contributed by atoms with Crippen LogP contribution in [0.3, 0.4) is 0 Å². The number of methoxy groups -OCH3 is 2. The maximum Gasteiger partial charge on any atom is 0.271 e. The molecular weight excluding hydrogens is 406 g/mol. The van der Waals surface area contributed by atoms with Crippen molar-refractivity contribution < 1.29 is 14.3 Å². The summed E-state index contributed by atoms with van der Waals surface area (Å²) in [5, 5.41) is 9.01. The minimum absolute atomic E-state index is 0.353. The molecule has 0 atom stereocenters. The van der Waals surface area contributed by atoms with E-state index in [0.29, 0.717) is 17.1 Å². The summed E-state index contributed by atoms with van der Waals surface area (Å²) >= 11 is 0. The second-order valence-electron chi connectivity index (χ2n) is 7.56. The van der Waals surface area contributed by atoms with Gasteiger partial charge in [0.25, 0.3) is 5.91 Å². The van der Waals surface area contributed by atoms with Gasteiger partial charge in [-0.2, -0.15) is 10.2 Å². The van der Waals surface area contributed by atoms with Crippen LogP contribution >= 0.6 is 0 Å². The van der Waals surface area contributed by atoms with E-state index in [9.17, 15) is 4.79 Å². The Balaban J connectivity index is 1.61. The molecule has 0 unspecified atom stereocenters. The Labute approximate surface area is 187 Å². The SMILES string of the molecule is COc1cc(OC)cc(C(=O)N/N=C/c2c(C)nn(-c3ccccc3)c2N2CCCC2)c1. The van der Waals surface area contributed by atoms with E-state index < -0.39 is 0 Å². The average molecular weight is 434 g/mol. The normalized spacial score (nSPS) is 13.5. The molecule has 0 aliphatic carbocycles. The predicted octanol–water partition coefficient (Wildman–Crippen LogP) is 3.56. The molecule has 32 heavy (non-hydrogen) atoms. The summed E-state index contributed by atoms with van der Waals surface area (Å²) in [6, 6.07) is 15.0. The van der Waals surface area contributed by atoms with Gasteiger partial charge in [0.1, 0.15) is 17.3 Å². The van der Waals surface area contributed by atoms with Gasteiger partial charge in [0, 0.05) is 24.7 Å². The van der Waals surface area contributed by atoms with Crippen LogP contribution in [0.5, 0.6) is 11.5 Å². The van der Waals surface area contributed by atoms with Crippen molar-refractivity contribution in [3.8, 4) is 17.2 Å². The van der Waals surface area contributed by atoms with E-state index >= 15 is 0 Å². The van der Waals surface area contributed by atoms with Crippen molar-refractivity contribution >= 4 is 17.9 Å². The second-order valence-corrected chi connectivity index (χ2v) is 7.56. The molecule has 4 rings (SSSR count). The minimum Gasteiger partial charge on any atom is -0.497 e. The number of nitrogens with one attached hydrogen (secondary N) is 1. The smallest absolute Gasteiger partial charge is 0.271 e. The molecule has 166 valence electrons. The maximum atomic E-state index is 12.7. The summed E-state index contributed by atoms with van der Waals surface area (Å²) in [5.41, 5.74) is 5.73. The third kappa shape index (κ3) is 4.44. The number of para-hydroxylation sites is 1. The predicted molar refractivity (Wildman–Crippen MR) is 124 cm³/mol. The number of rotatable bonds is 7. The van der Waals surface area contributed by atoms with Crippen molar-refractivity contribution in [1.29, 1.82) is 0 Å². The average Bonchev–Trinajstić information content (AvgIpc) is 3.47. The summed E-state index contributed by atoms with van der Waals surface area (Å²) < 4.78 is 12.4. The van der Waals surface area contributed by atoms with E-state index in [0.717, 1.165) is 48.7 Å². The number of hydrazone groups is 1. The second kappa shape index (κ2) is 9.55. The quantitative estimate of drug-likeness (QED) is 0.455.